The molecule has 1 aliphatic rings. The first-order valence-electron chi connectivity index (χ1n) is 6.27. The number of amides is 1. The Labute approximate surface area is 107 Å². The molecule has 3 heteroatoms. The highest BCUT2D eigenvalue weighted by Gasteiger charge is 2.17. The van der Waals surface area contributed by atoms with Gasteiger partial charge >= 0.3 is 0 Å². The fourth-order valence-electron chi connectivity index (χ4n) is 2.21. The van der Waals surface area contributed by atoms with Gasteiger partial charge in [-0.1, -0.05) is 25.5 Å². The smallest absolute Gasteiger partial charge is 0.251 e. The summed E-state index contributed by atoms with van der Waals surface area (Å²) in [4.78, 5) is 11.9. The summed E-state index contributed by atoms with van der Waals surface area (Å²) >= 11 is 6.31. The van der Waals surface area contributed by atoms with Crippen molar-refractivity contribution < 1.29 is 4.79 Å². The number of hydrogen-bond donors (Lipinski definition) is 1. The molecule has 0 saturated carbocycles. The van der Waals surface area contributed by atoms with Crippen LogP contribution in [0, 0.1) is 0 Å². The number of hydrogen-bond acceptors (Lipinski definition) is 1. The summed E-state index contributed by atoms with van der Waals surface area (Å²) in [6.07, 6.45) is 3.98. The molecule has 0 spiro atoms. The summed E-state index contributed by atoms with van der Waals surface area (Å²) < 4.78 is 0. The standard InChI is InChI=1S/C14H18ClNO/c1-2-4-13(15)11-7-6-10-5-3-8-16-14(17)12(10)9-11/h6-7,9,13H,2-5,8H2,1H3,(H,16,17). The van der Waals surface area contributed by atoms with E-state index in [9.17, 15) is 4.79 Å². The first-order valence-corrected chi connectivity index (χ1v) is 6.71. The van der Waals surface area contributed by atoms with Crippen LogP contribution in [-0.4, -0.2) is 12.5 Å². The van der Waals surface area contributed by atoms with Crippen LogP contribution in [0.25, 0.3) is 0 Å². The number of rotatable bonds is 3. The van der Waals surface area contributed by atoms with E-state index in [1.165, 1.54) is 0 Å². The first-order chi connectivity index (χ1) is 8.22. The molecule has 1 aromatic rings. The van der Waals surface area contributed by atoms with E-state index in [-0.39, 0.29) is 11.3 Å². The summed E-state index contributed by atoms with van der Waals surface area (Å²) in [5, 5.41) is 2.93. The highest BCUT2D eigenvalue weighted by Crippen LogP contribution is 2.28. The van der Waals surface area contributed by atoms with Gasteiger partial charge in [0.15, 0.2) is 0 Å². The predicted octanol–water partition coefficient (Wildman–Crippen LogP) is 3.44. The maximum Gasteiger partial charge on any atom is 0.251 e. The summed E-state index contributed by atoms with van der Waals surface area (Å²) in [5.41, 5.74) is 3.01. The number of benzene rings is 1. The average Bonchev–Trinajstić information content (AvgIpc) is 2.51. The lowest BCUT2D eigenvalue weighted by molar-refractivity contribution is 0.0956. The van der Waals surface area contributed by atoms with E-state index in [1.54, 1.807) is 0 Å². The van der Waals surface area contributed by atoms with E-state index in [4.69, 9.17) is 11.6 Å². The molecule has 2 rings (SSSR count). The largest absolute Gasteiger partial charge is 0.352 e. The van der Waals surface area contributed by atoms with Crippen molar-refractivity contribution in [2.75, 3.05) is 6.54 Å². The van der Waals surface area contributed by atoms with E-state index in [2.05, 4.69) is 24.4 Å². The molecule has 0 aliphatic carbocycles. The van der Waals surface area contributed by atoms with Crippen molar-refractivity contribution in [1.82, 2.24) is 5.32 Å². The molecule has 1 N–H and O–H groups in total. The number of carbonyl (C=O) groups is 1. The van der Waals surface area contributed by atoms with Crippen LogP contribution in [-0.2, 0) is 6.42 Å². The monoisotopic (exact) mass is 251 g/mol. The topological polar surface area (TPSA) is 29.1 Å². The second-order valence-electron chi connectivity index (χ2n) is 4.53. The molecular weight excluding hydrogens is 234 g/mol. The van der Waals surface area contributed by atoms with Gasteiger partial charge in [0.25, 0.3) is 5.91 Å². The Morgan fingerprint density at radius 2 is 2.29 bits per heavy atom. The molecule has 0 bridgehead atoms. The van der Waals surface area contributed by atoms with Crippen molar-refractivity contribution in [1.29, 1.82) is 0 Å². The van der Waals surface area contributed by atoms with Gasteiger partial charge in [-0.15, -0.1) is 11.6 Å². The Hall–Kier alpha value is -1.02. The minimum absolute atomic E-state index is 0.0151. The molecule has 1 aromatic carbocycles. The quantitative estimate of drug-likeness (QED) is 0.820. The molecule has 2 nitrogen and oxygen atoms in total. The Kier molecular flexibility index (Phi) is 4.06. The third kappa shape index (κ3) is 2.81. The van der Waals surface area contributed by atoms with E-state index < -0.39 is 0 Å². The normalized spacial score (nSPS) is 16.9. The van der Waals surface area contributed by atoms with Crippen molar-refractivity contribution in [3.8, 4) is 0 Å². The van der Waals surface area contributed by atoms with Crippen LogP contribution in [0.4, 0.5) is 0 Å². The fourth-order valence-corrected chi connectivity index (χ4v) is 2.57. The lowest BCUT2D eigenvalue weighted by atomic mass is 9.98. The summed E-state index contributed by atoms with van der Waals surface area (Å²) in [6, 6.07) is 6.08. The molecule has 0 fully saturated rings. The van der Waals surface area contributed by atoms with Gasteiger partial charge in [-0.25, -0.2) is 0 Å². The van der Waals surface area contributed by atoms with Gasteiger partial charge in [-0.05, 0) is 36.5 Å². The van der Waals surface area contributed by atoms with Crippen molar-refractivity contribution >= 4 is 17.5 Å². The van der Waals surface area contributed by atoms with E-state index in [0.717, 1.165) is 48.9 Å². The van der Waals surface area contributed by atoms with Crippen LogP contribution in [0.2, 0.25) is 0 Å². The number of aryl methyl sites for hydroxylation is 1. The minimum atomic E-state index is 0.0151. The third-order valence-electron chi connectivity index (χ3n) is 3.19. The van der Waals surface area contributed by atoms with Crippen LogP contribution in [0.3, 0.4) is 0 Å². The third-order valence-corrected chi connectivity index (χ3v) is 3.66. The lowest BCUT2D eigenvalue weighted by Crippen LogP contribution is -2.22. The van der Waals surface area contributed by atoms with Gasteiger partial charge in [0, 0.05) is 12.1 Å². The summed E-state index contributed by atoms with van der Waals surface area (Å²) in [7, 11) is 0. The number of halogens is 1. The average molecular weight is 252 g/mol. The van der Waals surface area contributed by atoms with Crippen LogP contribution in [0.15, 0.2) is 18.2 Å². The molecule has 0 radical (unpaired) electrons. The molecule has 1 heterocycles. The second-order valence-corrected chi connectivity index (χ2v) is 5.06. The molecule has 1 unspecified atom stereocenters. The highest BCUT2D eigenvalue weighted by atomic mass is 35.5. The molecule has 0 aromatic heterocycles. The Morgan fingerprint density at radius 3 is 3.06 bits per heavy atom. The number of carbonyl (C=O) groups excluding carboxylic acids is 1. The molecular formula is C14H18ClNO. The van der Waals surface area contributed by atoms with Crippen molar-refractivity contribution in [2.45, 2.75) is 38.0 Å². The van der Waals surface area contributed by atoms with Crippen LogP contribution in [0.5, 0.6) is 0 Å². The molecule has 1 amide bonds. The molecule has 1 atom stereocenters. The van der Waals surface area contributed by atoms with Gasteiger partial charge in [0.05, 0.1) is 5.38 Å². The van der Waals surface area contributed by atoms with Crippen LogP contribution in [0.1, 0.15) is 53.0 Å². The Bertz CT molecular complexity index is 417. The zero-order valence-electron chi connectivity index (χ0n) is 10.1. The van der Waals surface area contributed by atoms with E-state index in [0.29, 0.717) is 0 Å². The SMILES string of the molecule is CCCC(Cl)c1ccc2c(c1)C(=O)NCCC2. The van der Waals surface area contributed by atoms with E-state index >= 15 is 0 Å². The minimum Gasteiger partial charge on any atom is -0.352 e. The van der Waals surface area contributed by atoms with Crippen LogP contribution < -0.4 is 5.32 Å². The highest BCUT2D eigenvalue weighted by molar-refractivity contribution is 6.20. The van der Waals surface area contributed by atoms with Gasteiger partial charge in [0.2, 0.25) is 0 Å². The maximum atomic E-state index is 11.9. The van der Waals surface area contributed by atoms with Crippen molar-refractivity contribution in [2.24, 2.45) is 0 Å². The van der Waals surface area contributed by atoms with E-state index in [1.807, 2.05) is 6.07 Å². The zero-order valence-corrected chi connectivity index (χ0v) is 10.9. The summed E-state index contributed by atoms with van der Waals surface area (Å²) in [5.74, 6) is 0.0414. The number of nitrogens with one attached hydrogen (secondary N) is 1. The molecule has 1 aliphatic heterocycles. The zero-order chi connectivity index (χ0) is 12.3. The Morgan fingerprint density at radius 1 is 1.47 bits per heavy atom. The lowest BCUT2D eigenvalue weighted by Gasteiger charge is -2.12. The molecule has 17 heavy (non-hydrogen) atoms. The number of alkyl halides is 1. The maximum absolute atomic E-state index is 11.9. The Balaban J connectivity index is 2.31. The van der Waals surface area contributed by atoms with Crippen LogP contribution >= 0.6 is 11.6 Å². The molecule has 92 valence electrons. The second kappa shape index (κ2) is 5.54. The van der Waals surface area contributed by atoms with Gasteiger partial charge in [-0.3, -0.25) is 4.79 Å². The molecule has 0 saturated heterocycles. The predicted molar refractivity (Wildman–Crippen MR) is 70.6 cm³/mol. The number of fused-ring (bicyclic) bond motifs is 1. The first kappa shape index (κ1) is 12.4. The fraction of sp³-hybridized carbons (Fsp3) is 0.500. The van der Waals surface area contributed by atoms with Gasteiger partial charge in [-0.2, -0.15) is 0 Å². The van der Waals surface area contributed by atoms with Gasteiger partial charge in [0.1, 0.15) is 0 Å². The summed E-state index contributed by atoms with van der Waals surface area (Å²) in [6.45, 7) is 2.88. The van der Waals surface area contributed by atoms with Gasteiger partial charge < -0.3 is 5.32 Å². The van der Waals surface area contributed by atoms with Crippen molar-refractivity contribution in [3.05, 3.63) is 34.9 Å². The van der Waals surface area contributed by atoms with Crippen molar-refractivity contribution in [3.63, 3.8) is 0 Å².